The molecule has 1 aliphatic rings. The lowest BCUT2D eigenvalue weighted by atomic mass is 10.2. The highest BCUT2D eigenvalue weighted by atomic mass is 32.2. The summed E-state index contributed by atoms with van der Waals surface area (Å²) in [6, 6.07) is 10.8. The first-order valence-electron chi connectivity index (χ1n) is 8.68. The van der Waals surface area contributed by atoms with Crippen LogP contribution < -0.4 is 9.04 Å². The van der Waals surface area contributed by atoms with Crippen LogP contribution in [0.25, 0.3) is 17.1 Å². The van der Waals surface area contributed by atoms with Crippen LogP contribution in [0.3, 0.4) is 0 Å². The normalized spacial score (nSPS) is 16.5. The van der Waals surface area contributed by atoms with Crippen molar-refractivity contribution < 1.29 is 17.9 Å². The molecule has 4 rings (SSSR count). The monoisotopic (exact) mass is 401 g/mol. The summed E-state index contributed by atoms with van der Waals surface area (Å²) >= 11 is 0. The molecule has 0 N–H and O–H groups in total. The van der Waals surface area contributed by atoms with Crippen LogP contribution in [0.2, 0.25) is 0 Å². The average molecular weight is 401 g/mol. The molecule has 0 unspecified atom stereocenters. The maximum atomic E-state index is 12.6. The minimum atomic E-state index is -3.52. The van der Waals surface area contributed by atoms with E-state index in [9.17, 15) is 8.42 Å². The minimum absolute atomic E-state index is 0.0805. The van der Waals surface area contributed by atoms with Crippen molar-refractivity contribution in [3.8, 4) is 23.0 Å². The largest absolute Gasteiger partial charge is 0.481 e. The van der Waals surface area contributed by atoms with Gasteiger partial charge in [0, 0.05) is 18.3 Å². The van der Waals surface area contributed by atoms with Crippen molar-refractivity contribution in [1.29, 1.82) is 0 Å². The fourth-order valence-electron chi connectivity index (χ4n) is 2.92. The Labute approximate surface area is 162 Å². The maximum Gasteiger partial charge on any atom is 0.238 e. The van der Waals surface area contributed by atoms with Gasteiger partial charge in [-0.2, -0.15) is 0 Å². The zero-order chi connectivity index (χ0) is 19.6. The van der Waals surface area contributed by atoms with Gasteiger partial charge in [0.25, 0.3) is 0 Å². The number of rotatable bonds is 4. The Morgan fingerprint density at radius 3 is 2.75 bits per heavy atom. The van der Waals surface area contributed by atoms with E-state index in [-0.39, 0.29) is 18.9 Å². The first-order valence-corrected chi connectivity index (χ1v) is 10.3. The van der Waals surface area contributed by atoms with Crippen LogP contribution in [0.15, 0.2) is 48.8 Å². The Kier molecular flexibility index (Phi) is 4.97. The van der Waals surface area contributed by atoms with E-state index in [4.69, 9.17) is 9.47 Å². The van der Waals surface area contributed by atoms with E-state index in [0.717, 1.165) is 0 Å². The predicted molar refractivity (Wildman–Crippen MR) is 103 cm³/mol. The van der Waals surface area contributed by atoms with Crippen molar-refractivity contribution in [1.82, 2.24) is 19.7 Å². The molecule has 0 spiro atoms. The van der Waals surface area contributed by atoms with Crippen molar-refractivity contribution in [2.24, 2.45) is 0 Å². The average Bonchev–Trinajstić information content (AvgIpc) is 3.07. The van der Waals surface area contributed by atoms with E-state index in [0.29, 0.717) is 35.4 Å². The molecule has 1 saturated heterocycles. The van der Waals surface area contributed by atoms with E-state index in [1.807, 2.05) is 18.2 Å². The second-order valence-electron chi connectivity index (χ2n) is 6.07. The van der Waals surface area contributed by atoms with Gasteiger partial charge in [-0.1, -0.05) is 6.07 Å². The summed E-state index contributed by atoms with van der Waals surface area (Å²) in [4.78, 5) is 8.60. The van der Waals surface area contributed by atoms with Crippen LogP contribution in [-0.4, -0.2) is 60.8 Å². The molecule has 9 nitrogen and oxygen atoms in total. The van der Waals surface area contributed by atoms with Crippen molar-refractivity contribution >= 4 is 15.8 Å². The van der Waals surface area contributed by atoms with Crippen LogP contribution in [0.1, 0.15) is 0 Å². The first kappa shape index (κ1) is 18.4. The Hall–Kier alpha value is -2.98. The summed E-state index contributed by atoms with van der Waals surface area (Å²) in [5.74, 6) is 0.716. The quantitative estimate of drug-likeness (QED) is 0.653. The Bertz CT molecular complexity index is 1050. The Balaban J connectivity index is 1.84. The van der Waals surface area contributed by atoms with Crippen LogP contribution in [-0.2, 0) is 14.8 Å². The zero-order valence-corrected chi connectivity index (χ0v) is 16.0. The second-order valence-corrected chi connectivity index (χ2v) is 8.09. The molecular formula is C18H19N5O4S. The molecule has 1 fully saturated rings. The van der Waals surface area contributed by atoms with Crippen LogP contribution in [0.4, 0.5) is 5.82 Å². The van der Waals surface area contributed by atoms with Crippen LogP contribution in [0, 0.1) is 0 Å². The number of aromatic nitrogens is 4. The predicted octanol–water partition coefficient (Wildman–Crippen LogP) is 1.50. The number of nitrogens with zero attached hydrogens (tertiary/aromatic N) is 5. The molecule has 28 heavy (non-hydrogen) atoms. The molecule has 146 valence electrons. The highest BCUT2D eigenvalue weighted by Crippen LogP contribution is 2.28. The molecule has 1 aliphatic heterocycles. The van der Waals surface area contributed by atoms with Gasteiger partial charge < -0.3 is 9.47 Å². The Morgan fingerprint density at radius 1 is 1.14 bits per heavy atom. The van der Waals surface area contributed by atoms with E-state index in [1.54, 1.807) is 42.4 Å². The van der Waals surface area contributed by atoms with Gasteiger partial charge in [0.2, 0.25) is 15.9 Å². The van der Waals surface area contributed by atoms with E-state index in [1.165, 1.54) is 4.31 Å². The van der Waals surface area contributed by atoms with Gasteiger partial charge in [0.05, 0.1) is 55.9 Å². The summed E-state index contributed by atoms with van der Waals surface area (Å²) < 4.78 is 38.6. The van der Waals surface area contributed by atoms with Crippen LogP contribution in [0.5, 0.6) is 5.88 Å². The molecule has 4 heterocycles. The molecule has 0 aliphatic carbocycles. The van der Waals surface area contributed by atoms with Gasteiger partial charge >= 0.3 is 0 Å². The number of hydrogen-bond acceptors (Lipinski definition) is 7. The third-order valence-electron chi connectivity index (χ3n) is 4.31. The minimum Gasteiger partial charge on any atom is -0.481 e. The van der Waals surface area contributed by atoms with E-state index >= 15 is 0 Å². The summed E-state index contributed by atoms with van der Waals surface area (Å²) in [5.41, 5.74) is 1.99. The molecule has 0 amide bonds. The maximum absolute atomic E-state index is 12.6. The van der Waals surface area contributed by atoms with Crippen molar-refractivity contribution in [2.75, 3.05) is 36.9 Å². The highest BCUT2D eigenvalue weighted by Gasteiger charge is 2.28. The number of anilines is 1. The molecule has 3 aromatic heterocycles. The topological polar surface area (TPSA) is 99.4 Å². The fraction of sp³-hybridized carbons (Fsp3) is 0.278. The van der Waals surface area contributed by atoms with Gasteiger partial charge in [-0.15, -0.1) is 5.10 Å². The summed E-state index contributed by atoms with van der Waals surface area (Å²) in [5, 5.41) is 4.56. The first-order chi connectivity index (χ1) is 13.6. The van der Waals surface area contributed by atoms with Gasteiger partial charge in [0.1, 0.15) is 0 Å². The number of ether oxygens (including phenoxy) is 2. The van der Waals surface area contributed by atoms with Crippen molar-refractivity contribution in [2.45, 2.75) is 0 Å². The molecular weight excluding hydrogens is 382 g/mol. The molecule has 0 radical (unpaired) electrons. The number of sulfonamides is 1. The third-order valence-corrected chi connectivity index (χ3v) is 6.04. The Morgan fingerprint density at radius 2 is 2.04 bits per heavy atom. The van der Waals surface area contributed by atoms with Gasteiger partial charge in [-0.25, -0.2) is 22.4 Å². The van der Waals surface area contributed by atoms with Crippen LogP contribution >= 0.6 is 0 Å². The lowest BCUT2D eigenvalue weighted by Gasteiger charge is -2.18. The van der Waals surface area contributed by atoms with Crippen molar-refractivity contribution in [3.63, 3.8) is 0 Å². The fourth-order valence-corrected chi connectivity index (χ4v) is 4.20. The molecule has 0 saturated carbocycles. The summed E-state index contributed by atoms with van der Waals surface area (Å²) in [6.07, 6.45) is 3.29. The summed E-state index contributed by atoms with van der Waals surface area (Å²) in [7, 11) is -1.97. The molecule has 3 aromatic rings. The molecule has 0 aromatic carbocycles. The third kappa shape index (κ3) is 3.56. The highest BCUT2D eigenvalue weighted by molar-refractivity contribution is 7.92. The zero-order valence-electron chi connectivity index (χ0n) is 15.2. The van der Waals surface area contributed by atoms with Gasteiger partial charge in [0.15, 0.2) is 5.82 Å². The number of methoxy groups -OCH3 is 1. The van der Waals surface area contributed by atoms with E-state index < -0.39 is 10.0 Å². The summed E-state index contributed by atoms with van der Waals surface area (Å²) in [6.45, 7) is 0.700. The molecule has 0 atom stereocenters. The lowest BCUT2D eigenvalue weighted by Crippen LogP contribution is -2.33. The number of pyridine rings is 2. The standard InChI is InChI=1S/C18H19N5O4S/c1-26-18-6-5-14(13-20-18)23-16(15-4-2-3-7-19-15)12-17(21-23)22-8-9-27-10-11-28(22,24)25/h2-7,12-13H,8-11H2,1H3. The SMILES string of the molecule is COc1ccc(-n2nc(N3CCOCCS3(=O)=O)cc2-c2ccccn2)cn1. The molecule has 10 heteroatoms. The molecule has 0 bridgehead atoms. The smallest absolute Gasteiger partial charge is 0.238 e. The number of hydrogen-bond donors (Lipinski definition) is 0. The van der Waals surface area contributed by atoms with Crippen molar-refractivity contribution in [3.05, 3.63) is 48.8 Å². The van der Waals surface area contributed by atoms with Gasteiger partial charge in [-0.05, 0) is 18.2 Å². The second kappa shape index (κ2) is 7.56. The lowest BCUT2D eigenvalue weighted by molar-refractivity contribution is 0.162. The van der Waals surface area contributed by atoms with E-state index in [2.05, 4.69) is 15.1 Å². The van der Waals surface area contributed by atoms with Gasteiger partial charge in [-0.3, -0.25) is 4.98 Å².